The Hall–Kier alpha value is -4.85. The van der Waals surface area contributed by atoms with Crippen molar-refractivity contribution in [3.63, 3.8) is 0 Å². The molecule has 0 radical (unpaired) electrons. The number of carbonyl (C=O) groups is 1. The molecule has 5 rings (SSSR count). The van der Waals surface area contributed by atoms with Crippen LogP contribution in [-0.2, 0) is 0 Å². The summed E-state index contributed by atoms with van der Waals surface area (Å²) in [5, 5.41) is 1.00. The van der Waals surface area contributed by atoms with Gasteiger partial charge in [-0.15, -0.1) is 0 Å². The number of ether oxygens (including phenoxy) is 3. The molecule has 35 heavy (non-hydrogen) atoms. The van der Waals surface area contributed by atoms with E-state index in [1.54, 1.807) is 43.3 Å². The number of para-hydroxylation sites is 1. The zero-order valence-electron chi connectivity index (χ0n) is 18.7. The van der Waals surface area contributed by atoms with E-state index >= 15 is 0 Å². The highest BCUT2D eigenvalue weighted by Gasteiger charge is 2.16. The van der Waals surface area contributed by atoms with Crippen molar-refractivity contribution in [2.45, 2.75) is 6.92 Å². The number of benzene rings is 3. The summed E-state index contributed by atoms with van der Waals surface area (Å²) in [7, 11) is 1.46. The molecule has 2 heterocycles. The summed E-state index contributed by atoms with van der Waals surface area (Å²) in [4.78, 5) is 37.2. The third-order valence-corrected chi connectivity index (χ3v) is 5.40. The van der Waals surface area contributed by atoms with E-state index in [0.717, 1.165) is 10.9 Å². The lowest BCUT2D eigenvalue weighted by Crippen LogP contribution is -2.10. The van der Waals surface area contributed by atoms with Gasteiger partial charge in [-0.25, -0.2) is 9.59 Å². The second kappa shape index (κ2) is 8.83. The van der Waals surface area contributed by atoms with Crippen LogP contribution in [0.25, 0.3) is 21.9 Å². The first-order valence-electron chi connectivity index (χ1n) is 10.6. The highest BCUT2D eigenvalue weighted by molar-refractivity contribution is 5.94. The van der Waals surface area contributed by atoms with Crippen LogP contribution in [0.2, 0.25) is 0 Å². The molecule has 0 fully saturated rings. The van der Waals surface area contributed by atoms with Crippen molar-refractivity contribution in [2.24, 2.45) is 0 Å². The molecule has 0 unspecified atom stereocenters. The largest absolute Gasteiger partial charge is 0.496 e. The van der Waals surface area contributed by atoms with E-state index < -0.39 is 17.0 Å². The quantitative estimate of drug-likeness (QED) is 0.195. The number of aryl methyl sites for hydroxylation is 1. The predicted octanol–water partition coefficient (Wildman–Crippen LogP) is 5.23. The molecule has 0 aliphatic rings. The topological polar surface area (TPSA) is 105 Å². The fourth-order valence-electron chi connectivity index (χ4n) is 3.70. The van der Waals surface area contributed by atoms with Gasteiger partial charge < -0.3 is 23.0 Å². The fraction of sp³-hybridized carbons (Fsp3) is 0.0741. The Kier molecular flexibility index (Phi) is 5.54. The number of methoxy groups -OCH3 is 1. The van der Waals surface area contributed by atoms with Crippen LogP contribution in [0, 0.1) is 6.92 Å². The molecule has 0 N–H and O–H groups in total. The molecule has 8 heteroatoms. The van der Waals surface area contributed by atoms with Crippen molar-refractivity contribution in [1.29, 1.82) is 0 Å². The number of rotatable bonds is 5. The third-order valence-electron chi connectivity index (χ3n) is 5.40. The summed E-state index contributed by atoms with van der Waals surface area (Å²) in [5.74, 6) is 0.230. The summed E-state index contributed by atoms with van der Waals surface area (Å²) in [6.07, 6.45) is 1.17. The zero-order valence-corrected chi connectivity index (χ0v) is 18.7. The van der Waals surface area contributed by atoms with Gasteiger partial charge in [-0.3, -0.25) is 4.79 Å². The number of carbonyl (C=O) groups excluding carboxylic acids is 1. The maximum Gasteiger partial charge on any atom is 0.347 e. The minimum Gasteiger partial charge on any atom is -0.496 e. The molecular formula is C27H18O8. The van der Waals surface area contributed by atoms with Gasteiger partial charge in [0.1, 0.15) is 40.2 Å². The van der Waals surface area contributed by atoms with Crippen LogP contribution in [-0.4, -0.2) is 13.1 Å². The lowest BCUT2D eigenvalue weighted by Gasteiger charge is -2.09. The molecular weight excluding hydrogens is 452 g/mol. The molecule has 0 aliphatic heterocycles. The highest BCUT2D eigenvalue weighted by atomic mass is 16.5. The Morgan fingerprint density at radius 1 is 0.829 bits per heavy atom. The van der Waals surface area contributed by atoms with Crippen molar-refractivity contribution in [3.05, 3.63) is 105 Å². The van der Waals surface area contributed by atoms with Crippen LogP contribution >= 0.6 is 0 Å². The molecule has 174 valence electrons. The first-order valence-corrected chi connectivity index (χ1v) is 10.6. The first-order chi connectivity index (χ1) is 16.9. The summed E-state index contributed by atoms with van der Waals surface area (Å²) in [6, 6.07) is 17.5. The van der Waals surface area contributed by atoms with Gasteiger partial charge in [0.25, 0.3) is 0 Å². The van der Waals surface area contributed by atoms with Crippen LogP contribution in [0.15, 0.2) is 91.4 Å². The molecule has 0 atom stereocenters. The van der Waals surface area contributed by atoms with Crippen LogP contribution in [0.1, 0.15) is 15.9 Å². The van der Waals surface area contributed by atoms with E-state index in [1.165, 1.54) is 43.7 Å². The molecule has 0 saturated carbocycles. The van der Waals surface area contributed by atoms with Gasteiger partial charge in [0.15, 0.2) is 0 Å². The molecule has 0 spiro atoms. The maximum absolute atomic E-state index is 13.0. The van der Waals surface area contributed by atoms with E-state index in [2.05, 4.69) is 0 Å². The Morgan fingerprint density at radius 2 is 1.57 bits per heavy atom. The number of esters is 1. The number of fused-ring (bicyclic) bond motifs is 2. The molecule has 0 amide bonds. The van der Waals surface area contributed by atoms with Crippen LogP contribution < -0.4 is 25.3 Å². The van der Waals surface area contributed by atoms with Gasteiger partial charge in [0.05, 0.1) is 12.5 Å². The molecule has 3 aromatic carbocycles. The van der Waals surface area contributed by atoms with Crippen molar-refractivity contribution < 1.29 is 27.8 Å². The van der Waals surface area contributed by atoms with E-state index in [4.69, 9.17) is 23.0 Å². The van der Waals surface area contributed by atoms with E-state index in [0.29, 0.717) is 17.1 Å². The number of hydrogen-bond donors (Lipinski definition) is 0. The van der Waals surface area contributed by atoms with Crippen LogP contribution in [0.4, 0.5) is 0 Å². The lowest BCUT2D eigenvalue weighted by atomic mass is 10.1. The van der Waals surface area contributed by atoms with Crippen molar-refractivity contribution >= 4 is 27.9 Å². The predicted molar refractivity (Wildman–Crippen MR) is 128 cm³/mol. The lowest BCUT2D eigenvalue weighted by molar-refractivity contribution is 0.0731. The Labute approximate surface area is 197 Å². The van der Waals surface area contributed by atoms with E-state index in [9.17, 15) is 14.4 Å². The minimum absolute atomic E-state index is 0.0504. The normalized spacial score (nSPS) is 10.9. The SMILES string of the molecule is COc1ccccc1C(=O)Oc1ccc2c(=O)c(Oc3ccc4c(C)cc(=O)oc4c3)coc2c1. The van der Waals surface area contributed by atoms with Crippen LogP contribution in [0.5, 0.6) is 23.0 Å². The molecule has 2 aromatic heterocycles. The molecule has 0 aliphatic carbocycles. The third kappa shape index (κ3) is 4.24. The highest BCUT2D eigenvalue weighted by Crippen LogP contribution is 2.28. The van der Waals surface area contributed by atoms with Gasteiger partial charge in [-0.05, 0) is 48.9 Å². The standard InChI is InChI=1S/C27H18O8/c1-15-11-25(28)35-23-13-16(7-9-18(15)23)33-24-14-32-22-12-17(8-10-19(22)26(24)29)34-27(30)20-5-3-4-6-21(20)31-2/h3-14H,1-2H3. The van der Waals surface area contributed by atoms with Gasteiger partial charge >= 0.3 is 11.6 Å². The van der Waals surface area contributed by atoms with Gasteiger partial charge in [-0.1, -0.05) is 12.1 Å². The average Bonchev–Trinajstić information content (AvgIpc) is 2.85. The van der Waals surface area contributed by atoms with Crippen molar-refractivity contribution in [1.82, 2.24) is 0 Å². The van der Waals surface area contributed by atoms with E-state index in [1.807, 2.05) is 0 Å². The fourth-order valence-corrected chi connectivity index (χ4v) is 3.70. The Bertz CT molecular complexity index is 1710. The molecule has 5 aromatic rings. The summed E-state index contributed by atoms with van der Waals surface area (Å²) in [6.45, 7) is 1.81. The van der Waals surface area contributed by atoms with Gasteiger partial charge in [0.2, 0.25) is 11.2 Å². The second-order valence-corrected chi connectivity index (χ2v) is 7.69. The minimum atomic E-state index is -0.609. The first kappa shape index (κ1) is 22.0. The molecule has 8 nitrogen and oxygen atoms in total. The average molecular weight is 470 g/mol. The summed E-state index contributed by atoms with van der Waals surface area (Å²) < 4.78 is 27.1. The molecule has 0 bridgehead atoms. The Morgan fingerprint density at radius 3 is 2.40 bits per heavy atom. The van der Waals surface area contributed by atoms with Crippen LogP contribution in [0.3, 0.4) is 0 Å². The van der Waals surface area contributed by atoms with Crippen molar-refractivity contribution in [3.8, 4) is 23.0 Å². The second-order valence-electron chi connectivity index (χ2n) is 7.69. The van der Waals surface area contributed by atoms with Gasteiger partial charge in [-0.2, -0.15) is 0 Å². The smallest absolute Gasteiger partial charge is 0.347 e. The van der Waals surface area contributed by atoms with E-state index in [-0.39, 0.29) is 28.0 Å². The maximum atomic E-state index is 13.0. The molecule has 0 saturated heterocycles. The summed E-state index contributed by atoms with van der Waals surface area (Å²) >= 11 is 0. The monoisotopic (exact) mass is 470 g/mol. The van der Waals surface area contributed by atoms with Gasteiger partial charge in [0, 0.05) is 23.6 Å². The zero-order chi connectivity index (χ0) is 24.5. The van der Waals surface area contributed by atoms with Crippen molar-refractivity contribution in [2.75, 3.05) is 7.11 Å². The number of hydrogen-bond acceptors (Lipinski definition) is 8. The summed E-state index contributed by atoms with van der Waals surface area (Å²) in [5.41, 5.74) is 0.711. The Balaban J connectivity index is 1.42.